The summed E-state index contributed by atoms with van der Waals surface area (Å²) in [4.78, 5) is 2.38. The molecule has 58 heavy (non-hydrogen) atoms. The number of benzene rings is 8. The molecule has 8 aromatic carbocycles. The highest BCUT2D eigenvalue weighted by molar-refractivity contribution is 6.95. The van der Waals surface area contributed by atoms with Crippen molar-refractivity contribution in [1.29, 1.82) is 0 Å². The fourth-order valence-electron chi connectivity index (χ4n) is 9.71. The Labute approximate surface area is 344 Å². The molecule has 2 aliphatic rings. The summed E-state index contributed by atoms with van der Waals surface area (Å²) in [6.07, 6.45) is 4.50. The Kier molecular flexibility index (Phi) is 8.68. The second kappa shape index (κ2) is 14.1. The van der Waals surface area contributed by atoms with E-state index in [0.29, 0.717) is 0 Å². The normalized spacial score (nSPS) is 14.1. The number of fused-ring (bicyclic) bond motifs is 6. The minimum Gasteiger partial charge on any atom is -0.310 e. The third-order valence-corrected chi connectivity index (χ3v) is 12.8. The SMILES string of the molecule is CC1(C)c2cc(C=Cc3ccc(N(c4ccccc4)c4ccc5c(c4)C(C)(C)c4ccccc4-5)cc3)ccc2-c2ccc(B(c3ccccc3)c3ccccc3)cc21. The molecule has 10 rings (SSSR count). The fourth-order valence-corrected chi connectivity index (χ4v) is 9.71. The highest BCUT2D eigenvalue weighted by Gasteiger charge is 2.37. The summed E-state index contributed by atoms with van der Waals surface area (Å²) in [6.45, 7) is 9.64. The van der Waals surface area contributed by atoms with Gasteiger partial charge >= 0.3 is 0 Å². The summed E-state index contributed by atoms with van der Waals surface area (Å²) in [5.74, 6) is 0. The van der Waals surface area contributed by atoms with Crippen LogP contribution in [-0.4, -0.2) is 6.71 Å². The molecule has 1 nitrogen and oxygen atoms in total. The number of anilines is 3. The quantitative estimate of drug-likeness (QED) is 0.111. The van der Waals surface area contributed by atoms with Crippen molar-refractivity contribution in [1.82, 2.24) is 0 Å². The molecule has 0 atom stereocenters. The lowest BCUT2D eigenvalue weighted by molar-refractivity contribution is 0.660. The van der Waals surface area contributed by atoms with Crippen LogP contribution in [0.1, 0.15) is 61.1 Å². The Bertz CT molecular complexity index is 2780. The minimum atomic E-state index is -0.124. The smallest absolute Gasteiger partial charge is 0.241 e. The van der Waals surface area contributed by atoms with Crippen molar-refractivity contribution in [2.45, 2.75) is 38.5 Å². The predicted molar refractivity (Wildman–Crippen MR) is 249 cm³/mol. The van der Waals surface area contributed by atoms with Gasteiger partial charge in [0.05, 0.1) is 0 Å². The third kappa shape index (κ3) is 6.03. The van der Waals surface area contributed by atoms with Crippen molar-refractivity contribution in [3.8, 4) is 22.3 Å². The molecule has 0 spiro atoms. The van der Waals surface area contributed by atoms with Crippen molar-refractivity contribution in [2.75, 3.05) is 4.90 Å². The fraction of sp³-hybridized carbons (Fsp3) is 0.107. The number of hydrogen-bond donors (Lipinski definition) is 0. The van der Waals surface area contributed by atoms with Crippen LogP contribution in [0.3, 0.4) is 0 Å². The topological polar surface area (TPSA) is 3.24 Å². The first-order valence-corrected chi connectivity index (χ1v) is 20.5. The molecule has 0 aliphatic heterocycles. The van der Waals surface area contributed by atoms with Crippen molar-refractivity contribution in [3.05, 3.63) is 228 Å². The first kappa shape index (κ1) is 35.8. The van der Waals surface area contributed by atoms with Crippen molar-refractivity contribution < 1.29 is 0 Å². The monoisotopic (exact) mass is 743 g/mol. The Balaban J connectivity index is 0.934. The molecule has 0 aromatic heterocycles. The lowest BCUT2D eigenvalue weighted by Crippen LogP contribution is -2.52. The number of rotatable bonds is 8. The van der Waals surface area contributed by atoms with E-state index in [0.717, 1.165) is 11.4 Å². The van der Waals surface area contributed by atoms with E-state index >= 15 is 0 Å². The molecule has 0 bridgehead atoms. The van der Waals surface area contributed by atoms with E-state index in [4.69, 9.17) is 0 Å². The lowest BCUT2D eigenvalue weighted by Gasteiger charge is -2.28. The minimum absolute atomic E-state index is 0.0642. The average Bonchev–Trinajstić information content (AvgIpc) is 3.63. The number of para-hydroxylation sites is 1. The van der Waals surface area contributed by atoms with Crippen LogP contribution in [0.5, 0.6) is 0 Å². The van der Waals surface area contributed by atoms with Gasteiger partial charge in [0.2, 0.25) is 6.71 Å². The molecular formula is C56H46BN. The summed E-state index contributed by atoms with van der Waals surface area (Å²) < 4.78 is 0. The van der Waals surface area contributed by atoms with Crippen LogP contribution in [-0.2, 0) is 10.8 Å². The van der Waals surface area contributed by atoms with Crippen LogP contribution in [0.15, 0.2) is 194 Å². The first-order chi connectivity index (χ1) is 28.3. The Morgan fingerprint density at radius 1 is 0.345 bits per heavy atom. The van der Waals surface area contributed by atoms with Gasteiger partial charge in [0.15, 0.2) is 0 Å². The van der Waals surface area contributed by atoms with Crippen LogP contribution in [0, 0.1) is 0 Å². The summed E-state index contributed by atoms with van der Waals surface area (Å²) in [6, 6.07) is 71.5. The van der Waals surface area contributed by atoms with Gasteiger partial charge in [-0.05, 0) is 92.0 Å². The van der Waals surface area contributed by atoms with Crippen molar-refractivity contribution in [3.63, 3.8) is 0 Å². The maximum atomic E-state index is 2.47. The van der Waals surface area contributed by atoms with Crippen molar-refractivity contribution >= 4 is 52.3 Å². The molecule has 0 saturated heterocycles. The van der Waals surface area contributed by atoms with Gasteiger partial charge < -0.3 is 4.90 Å². The highest BCUT2D eigenvalue weighted by atomic mass is 15.1. The molecule has 0 heterocycles. The molecule has 0 amide bonds. The second-order valence-corrected chi connectivity index (χ2v) is 17.0. The van der Waals surface area contributed by atoms with Gasteiger partial charge in [-0.3, -0.25) is 0 Å². The van der Waals surface area contributed by atoms with Crippen LogP contribution in [0.2, 0.25) is 0 Å². The molecule has 2 heteroatoms. The first-order valence-electron chi connectivity index (χ1n) is 20.5. The van der Waals surface area contributed by atoms with Gasteiger partial charge in [0, 0.05) is 27.9 Å². The molecule has 0 saturated carbocycles. The maximum absolute atomic E-state index is 2.47. The zero-order valence-corrected chi connectivity index (χ0v) is 33.7. The van der Waals surface area contributed by atoms with E-state index in [1.165, 1.54) is 77.7 Å². The molecule has 0 unspecified atom stereocenters. The standard InChI is InChI=1S/C56H46BN/c1-55(2)51-23-15-14-22-47(51)50-35-32-46(38-54(50)55)58(44-20-12-7-13-21-44)45-30-26-39(27-31-45)24-25-40-28-33-48-49-34-29-43(37-53(49)56(3,4)52(48)36-40)57(41-16-8-5-9-17-41)42-18-10-6-11-19-42/h5-38H,1-4H3. The molecule has 8 aromatic rings. The molecule has 0 fully saturated rings. The second-order valence-electron chi connectivity index (χ2n) is 17.0. The van der Waals surface area contributed by atoms with E-state index in [1.54, 1.807) is 0 Å². The third-order valence-electron chi connectivity index (χ3n) is 12.8. The van der Waals surface area contributed by atoms with Crippen LogP contribution >= 0.6 is 0 Å². The Morgan fingerprint density at radius 3 is 1.47 bits per heavy atom. The van der Waals surface area contributed by atoms with Gasteiger partial charge in [0.1, 0.15) is 0 Å². The summed E-state index contributed by atoms with van der Waals surface area (Å²) >= 11 is 0. The van der Waals surface area contributed by atoms with Gasteiger partial charge in [-0.1, -0.05) is 214 Å². The number of nitrogens with zero attached hydrogens (tertiary/aromatic N) is 1. The van der Waals surface area contributed by atoms with Gasteiger partial charge in [-0.2, -0.15) is 0 Å². The van der Waals surface area contributed by atoms with E-state index < -0.39 is 0 Å². The Morgan fingerprint density at radius 2 is 0.793 bits per heavy atom. The van der Waals surface area contributed by atoms with Crippen LogP contribution < -0.4 is 21.3 Å². The highest BCUT2D eigenvalue weighted by Crippen LogP contribution is 2.51. The average molecular weight is 744 g/mol. The zero-order valence-electron chi connectivity index (χ0n) is 33.7. The Hall–Kier alpha value is -6.64. The van der Waals surface area contributed by atoms with E-state index in [2.05, 4.69) is 239 Å². The van der Waals surface area contributed by atoms with E-state index in [-0.39, 0.29) is 17.5 Å². The van der Waals surface area contributed by atoms with E-state index in [9.17, 15) is 0 Å². The molecule has 0 N–H and O–H groups in total. The molecule has 2 aliphatic carbocycles. The largest absolute Gasteiger partial charge is 0.310 e. The van der Waals surface area contributed by atoms with Crippen LogP contribution in [0.25, 0.3) is 34.4 Å². The number of hydrogen-bond acceptors (Lipinski definition) is 1. The summed E-state index contributed by atoms with van der Waals surface area (Å²) in [5, 5.41) is 0. The molecular weight excluding hydrogens is 697 g/mol. The van der Waals surface area contributed by atoms with Gasteiger partial charge in [-0.25, -0.2) is 0 Å². The lowest BCUT2D eigenvalue weighted by atomic mass is 9.36. The maximum Gasteiger partial charge on any atom is 0.241 e. The molecule has 0 radical (unpaired) electrons. The molecule has 278 valence electrons. The van der Waals surface area contributed by atoms with Gasteiger partial charge in [0.25, 0.3) is 0 Å². The van der Waals surface area contributed by atoms with Crippen molar-refractivity contribution in [2.24, 2.45) is 0 Å². The van der Waals surface area contributed by atoms with Gasteiger partial charge in [-0.15, -0.1) is 0 Å². The zero-order chi connectivity index (χ0) is 39.4. The predicted octanol–water partition coefficient (Wildman–Crippen LogP) is 12.5. The summed E-state index contributed by atoms with van der Waals surface area (Å²) in [7, 11) is 0. The summed E-state index contributed by atoms with van der Waals surface area (Å²) in [5.41, 5.74) is 20.5. The van der Waals surface area contributed by atoms with Crippen LogP contribution in [0.4, 0.5) is 17.1 Å². The van der Waals surface area contributed by atoms with E-state index in [1.807, 2.05) is 0 Å².